The zero-order chi connectivity index (χ0) is 9.69. The lowest BCUT2D eigenvalue weighted by atomic mass is 10.00. The van der Waals surface area contributed by atoms with Crippen LogP contribution in [0.25, 0.3) is 0 Å². The van der Waals surface area contributed by atoms with Crippen LogP contribution >= 0.6 is 7.75 Å². The number of rotatable bonds is 0. The highest BCUT2D eigenvalue weighted by Gasteiger charge is 2.52. The fourth-order valence-electron chi connectivity index (χ4n) is 1.53. The van der Waals surface area contributed by atoms with Gasteiger partial charge in [0.05, 0.1) is 13.2 Å². The van der Waals surface area contributed by atoms with Crippen molar-refractivity contribution < 1.29 is 23.5 Å². The smallest absolute Gasteiger partial charge is 0.385 e. The van der Waals surface area contributed by atoms with Gasteiger partial charge in [0.15, 0.2) is 0 Å². The molecule has 2 aliphatic heterocycles. The lowest BCUT2D eigenvalue weighted by Crippen LogP contribution is -2.46. The van der Waals surface area contributed by atoms with Gasteiger partial charge in [-0.2, -0.15) is 0 Å². The number of fused-ring (bicyclic) bond motifs is 1. The van der Waals surface area contributed by atoms with Crippen LogP contribution in [0.15, 0.2) is 0 Å². The highest BCUT2D eigenvalue weighted by Crippen LogP contribution is 2.49. The Bertz CT molecular complexity index is 268. The molecule has 7 heteroatoms. The molecule has 2 rings (SSSR count). The molecule has 0 radical (unpaired) electrons. The summed E-state index contributed by atoms with van der Waals surface area (Å²) in [7, 11) is -3.48. The first-order valence-corrected chi connectivity index (χ1v) is 5.57. The maximum Gasteiger partial charge on any atom is 0.403 e. The second kappa shape index (κ2) is 2.76. The second-order valence-electron chi connectivity index (χ2n) is 3.57. The van der Waals surface area contributed by atoms with E-state index in [1.165, 1.54) is 0 Å². The molecule has 0 amide bonds. The molecule has 2 fully saturated rings. The molecule has 0 aromatic rings. The van der Waals surface area contributed by atoms with Gasteiger partial charge in [-0.1, -0.05) is 0 Å². The Morgan fingerprint density at radius 1 is 1.69 bits per heavy atom. The van der Waals surface area contributed by atoms with E-state index in [-0.39, 0.29) is 19.3 Å². The summed E-state index contributed by atoms with van der Waals surface area (Å²) in [5, 5.41) is 9.74. The van der Waals surface area contributed by atoms with Crippen molar-refractivity contribution in [2.24, 2.45) is 5.50 Å². The van der Waals surface area contributed by atoms with E-state index in [0.717, 1.165) is 0 Å². The van der Waals surface area contributed by atoms with E-state index in [2.05, 4.69) is 0 Å². The zero-order valence-electron chi connectivity index (χ0n) is 7.17. The number of aliphatic hydroxyl groups is 1. The predicted octanol–water partition coefficient (Wildman–Crippen LogP) is -0.382. The van der Waals surface area contributed by atoms with Crippen LogP contribution in [-0.2, 0) is 18.3 Å². The zero-order valence-corrected chi connectivity index (χ0v) is 8.07. The van der Waals surface area contributed by atoms with E-state index in [4.69, 9.17) is 19.3 Å². The summed E-state index contributed by atoms with van der Waals surface area (Å²) in [4.78, 5) is 0. The van der Waals surface area contributed by atoms with E-state index in [9.17, 15) is 9.67 Å². The molecule has 76 valence electrons. The third kappa shape index (κ3) is 1.66. The van der Waals surface area contributed by atoms with Gasteiger partial charge in [-0.15, -0.1) is 0 Å². The molecule has 13 heavy (non-hydrogen) atoms. The Labute approximate surface area is 75.5 Å². The molecular formula is C6H12NO5P. The lowest BCUT2D eigenvalue weighted by molar-refractivity contribution is -0.0573. The van der Waals surface area contributed by atoms with Crippen LogP contribution in [0.5, 0.6) is 0 Å². The Hall–Kier alpha value is 0.0300. The quantitative estimate of drug-likeness (QED) is 0.528. The molecule has 6 nitrogen and oxygen atoms in total. The maximum atomic E-state index is 11.2. The molecule has 2 aliphatic rings. The third-order valence-electron chi connectivity index (χ3n) is 2.22. The standard InChI is InChI=1S/C6H12NO5P/c1-6(8)3-10-4-2-11-13(7,9)12-5(4)6/h4-5,8H,2-3H2,1H3,(H2,7,9)/t4-,5-,6+,13?/m1/s1. The second-order valence-corrected chi connectivity index (χ2v) is 5.12. The van der Waals surface area contributed by atoms with Gasteiger partial charge in [0.1, 0.15) is 17.8 Å². The van der Waals surface area contributed by atoms with Crippen LogP contribution < -0.4 is 5.50 Å². The lowest BCUT2D eigenvalue weighted by Gasteiger charge is -2.33. The Balaban J connectivity index is 2.19. The molecule has 2 saturated heterocycles. The van der Waals surface area contributed by atoms with Gasteiger partial charge in [-0.3, -0.25) is 9.05 Å². The summed E-state index contributed by atoms with van der Waals surface area (Å²) in [6, 6.07) is 0. The van der Waals surface area contributed by atoms with Gasteiger partial charge in [-0.25, -0.2) is 10.1 Å². The van der Waals surface area contributed by atoms with Gasteiger partial charge in [0, 0.05) is 0 Å². The fourth-order valence-corrected chi connectivity index (χ4v) is 2.62. The van der Waals surface area contributed by atoms with E-state index >= 15 is 0 Å². The van der Waals surface area contributed by atoms with Gasteiger partial charge in [0.25, 0.3) is 0 Å². The van der Waals surface area contributed by atoms with Crippen molar-refractivity contribution in [1.82, 2.24) is 0 Å². The highest BCUT2D eigenvalue weighted by atomic mass is 31.2. The van der Waals surface area contributed by atoms with Crippen LogP contribution in [-0.4, -0.2) is 36.1 Å². The maximum absolute atomic E-state index is 11.2. The van der Waals surface area contributed by atoms with Gasteiger partial charge in [-0.05, 0) is 6.92 Å². The molecule has 0 saturated carbocycles. The summed E-state index contributed by atoms with van der Waals surface area (Å²) in [6.07, 6.45) is -1.03. The Kier molecular flexibility index (Phi) is 2.03. The largest absolute Gasteiger partial charge is 0.403 e. The molecule has 0 spiro atoms. The van der Waals surface area contributed by atoms with Crippen molar-refractivity contribution in [3.63, 3.8) is 0 Å². The van der Waals surface area contributed by atoms with Gasteiger partial charge < -0.3 is 9.84 Å². The third-order valence-corrected chi connectivity index (χ3v) is 3.25. The molecule has 4 atom stereocenters. The minimum absolute atomic E-state index is 0.106. The van der Waals surface area contributed by atoms with Crippen molar-refractivity contribution in [1.29, 1.82) is 0 Å². The summed E-state index contributed by atoms with van der Waals surface area (Å²) in [5.74, 6) is 0. The first kappa shape index (κ1) is 9.58. The molecule has 0 aliphatic carbocycles. The van der Waals surface area contributed by atoms with Crippen LogP contribution in [0.3, 0.4) is 0 Å². The number of ether oxygens (including phenoxy) is 1. The van der Waals surface area contributed by atoms with Crippen molar-refractivity contribution in [2.45, 2.75) is 24.7 Å². The monoisotopic (exact) mass is 209 g/mol. The summed E-state index contributed by atoms with van der Waals surface area (Å²) >= 11 is 0. The molecule has 1 unspecified atom stereocenters. The molecule has 0 bridgehead atoms. The predicted molar refractivity (Wildman–Crippen MR) is 43.0 cm³/mol. The number of hydrogen-bond acceptors (Lipinski definition) is 5. The molecule has 0 aromatic carbocycles. The van der Waals surface area contributed by atoms with Crippen molar-refractivity contribution >= 4 is 7.75 Å². The van der Waals surface area contributed by atoms with Gasteiger partial charge in [0.2, 0.25) is 0 Å². The fraction of sp³-hybridized carbons (Fsp3) is 1.00. The average Bonchev–Trinajstić information content (AvgIpc) is 2.26. The van der Waals surface area contributed by atoms with Crippen molar-refractivity contribution in [3.05, 3.63) is 0 Å². The van der Waals surface area contributed by atoms with Crippen LogP contribution in [0.1, 0.15) is 6.92 Å². The first-order chi connectivity index (χ1) is 5.91. The summed E-state index contributed by atoms with van der Waals surface area (Å²) < 4.78 is 26.1. The Morgan fingerprint density at radius 2 is 2.38 bits per heavy atom. The first-order valence-electron chi connectivity index (χ1n) is 3.96. The van der Waals surface area contributed by atoms with Crippen molar-refractivity contribution in [3.8, 4) is 0 Å². The summed E-state index contributed by atoms with van der Waals surface area (Å²) in [5.41, 5.74) is 4.06. The SMILES string of the molecule is C[C@]1(O)CO[C@@H]2COP(N)(=O)O[C@H]21. The molecule has 0 aromatic heterocycles. The van der Waals surface area contributed by atoms with Crippen LogP contribution in [0.4, 0.5) is 0 Å². The molecule has 2 heterocycles. The number of nitrogens with two attached hydrogens (primary N) is 1. The topological polar surface area (TPSA) is 91.0 Å². The number of hydrogen-bond donors (Lipinski definition) is 2. The minimum Gasteiger partial charge on any atom is -0.385 e. The normalized spacial score (nSPS) is 56.2. The Morgan fingerprint density at radius 3 is 3.08 bits per heavy atom. The molecular weight excluding hydrogens is 197 g/mol. The van der Waals surface area contributed by atoms with E-state index in [0.29, 0.717) is 0 Å². The summed E-state index contributed by atoms with van der Waals surface area (Å²) in [6.45, 7) is 1.81. The minimum atomic E-state index is -3.48. The average molecular weight is 209 g/mol. The van der Waals surface area contributed by atoms with Crippen LogP contribution in [0.2, 0.25) is 0 Å². The van der Waals surface area contributed by atoms with Crippen LogP contribution in [0, 0.1) is 0 Å². The van der Waals surface area contributed by atoms with Gasteiger partial charge >= 0.3 is 7.75 Å². The highest BCUT2D eigenvalue weighted by molar-refractivity contribution is 7.51. The van der Waals surface area contributed by atoms with E-state index in [1.807, 2.05) is 0 Å². The van der Waals surface area contributed by atoms with Crippen molar-refractivity contribution in [2.75, 3.05) is 13.2 Å². The molecule has 3 N–H and O–H groups in total. The van der Waals surface area contributed by atoms with E-state index < -0.39 is 19.5 Å². The van der Waals surface area contributed by atoms with E-state index in [1.54, 1.807) is 6.92 Å².